The Hall–Kier alpha value is -2.44. The first-order chi connectivity index (χ1) is 12.3. The van der Waals surface area contributed by atoms with Crippen molar-refractivity contribution >= 4 is 44.8 Å². The van der Waals surface area contributed by atoms with Crippen LogP contribution in [0.5, 0.6) is 0 Å². The highest BCUT2D eigenvalue weighted by Gasteiger charge is 2.08. The second-order valence-electron chi connectivity index (χ2n) is 5.56. The van der Waals surface area contributed by atoms with Crippen LogP contribution in [0.15, 0.2) is 65.6 Å². The summed E-state index contributed by atoms with van der Waals surface area (Å²) < 4.78 is 0. The van der Waals surface area contributed by atoms with Crippen molar-refractivity contribution in [3.63, 3.8) is 0 Å². The Bertz CT molecular complexity index is 999. The Morgan fingerprint density at radius 3 is 2.68 bits per heavy atom. The Morgan fingerprint density at radius 1 is 1.00 bits per heavy atom. The summed E-state index contributed by atoms with van der Waals surface area (Å²) >= 11 is 3.36. The van der Waals surface area contributed by atoms with Crippen molar-refractivity contribution in [3.05, 3.63) is 71.4 Å². The summed E-state index contributed by atoms with van der Waals surface area (Å²) in [6, 6.07) is 20.4. The van der Waals surface area contributed by atoms with E-state index in [-0.39, 0.29) is 0 Å². The zero-order valence-corrected chi connectivity index (χ0v) is 15.3. The fraction of sp³-hybridized carbons (Fsp3) is 0.105. The lowest BCUT2D eigenvalue weighted by molar-refractivity contribution is 1.04. The summed E-state index contributed by atoms with van der Waals surface area (Å²) in [5.74, 6) is 0.793. The van der Waals surface area contributed by atoms with E-state index in [0.29, 0.717) is 0 Å². The first-order valence-corrected chi connectivity index (χ1v) is 9.72. The SMILES string of the molecule is Cc1cc(SCc2nnc(Nc3ccccc3)s2)c2ccccc2n1. The van der Waals surface area contributed by atoms with Gasteiger partial charge >= 0.3 is 0 Å². The highest BCUT2D eigenvalue weighted by Crippen LogP contribution is 2.32. The number of fused-ring (bicyclic) bond motifs is 1. The number of benzene rings is 2. The lowest BCUT2D eigenvalue weighted by atomic mass is 10.2. The van der Waals surface area contributed by atoms with Crippen molar-refractivity contribution in [3.8, 4) is 0 Å². The van der Waals surface area contributed by atoms with Crippen molar-refractivity contribution in [2.24, 2.45) is 0 Å². The maximum Gasteiger partial charge on any atom is 0.210 e. The third-order valence-electron chi connectivity index (χ3n) is 3.65. The summed E-state index contributed by atoms with van der Waals surface area (Å²) in [7, 11) is 0. The van der Waals surface area contributed by atoms with Gasteiger partial charge in [0.25, 0.3) is 0 Å². The number of aromatic nitrogens is 3. The molecule has 2 heterocycles. The smallest absolute Gasteiger partial charge is 0.210 e. The number of aryl methyl sites for hydroxylation is 1. The molecule has 0 aliphatic heterocycles. The van der Waals surface area contributed by atoms with Crippen LogP contribution in [-0.2, 0) is 5.75 Å². The molecule has 2 aromatic heterocycles. The first kappa shape index (κ1) is 16.1. The normalized spacial score (nSPS) is 10.9. The van der Waals surface area contributed by atoms with Crippen molar-refractivity contribution in [1.29, 1.82) is 0 Å². The van der Waals surface area contributed by atoms with Crippen LogP contribution in [-0.4, -0.2) is 15.2 Å². The lowest BCUT2D eigenvalue weighted by Crippen LogP contribution is -1.88. The van der Waals surface area contributed by atoms with Crippen LogP contribution >= 0.6 is 23.1 Å². The average Bonchev–Trinajstić information content (AvgIpc) is 3.08. The minimum atomic E-state index is 0.793. The van der Waals surface area contributed by atoms with Crippen LogP contribution in [0.2, 0.25) is 0 Å². The first-order valence-electron chi connectivity index (χ1n) is 7.91. The van der Waals surface area contributed by atoms with Gasteiger partial charge in [-0.1, -0.05) is 47.7 Å². The molecule has 4 rings (SSSR count). The largest absolute Gasteiger partial charge is 0.330 e. The Balaban J connectivity index is 1.49. The zero-order valence-electron chi connectivity index (χ0n) is 13.6. The molecule has 0 aliphatic carbocycles. The number of para-hydroxylation sites is 2. The van der Waals surface area contributed by atoms with Crippen LogP contribution in [0.4, 0.5) is 10.8 Å². The molecule has 4 aromatic rings. The van der Waals surface area contributed by atoms with Gasteiger partial charge in [-0.25, -0.2) is 0 Å². The monoisotopic (exact) mass is 364 g/mol. The third-order valence-corrected chi connectivity index (χ3v) is 5.74. The number of nitrogens with one attached hydrogen (secondary N) is 1. The van der Waals surface area contributed by atoms with Crippen molar-refractivity contribution in [2.45, 2.75) is 17.6 Å². The predicted octanol–water partition coefficient (Wildman–Crippen LogP) is 5.43. The van der Waals surface area contributed by atoms with E-state index in [1.54, 1.807) is 23.1 Å². The molecule has 0 fully saturated rings. The number of anilines is 2. The minimum Gasteiger partial charge on any atom is -0.330 e. The number of hydrogen-bond acceptors (Lipinski definition) is 6. The lowest BCUT2D eigenvalue weighted by Gasteiger charge is -2.06. The van der Waals surface area contributed by atoms with Gasteiger partial charge in [-0.3, -0.25) is 4.98 Å². The quantitative estimate of drug-likeness (QED) is 0.479. The molecule has 124 valence electrons. The third kappa shape index (κ3) is 3.81. The second kappa shape index (κ2) is 7.21. The van der Waals surface area contributed by atoms with Crippen LogP contribution in [0.25, 0.3) is 10.9 Å². The minimum absolute atomic E-state index is 0.793. The maximum absolute atomic E-state index is 4.59. The van der Waals surface area contributed by atoms with E-state index < -0.39 is 0 Å². The predicted molar refractivity (Wildman–Crippen MR) is 106 cm³/mol. The van der Waals surface area contributed by atoms with Crippen LogP contribution < -0.4 is 5.32 Å². The van der Waals surface area contributed by atoms with Gasteiger partial charge in [-0.05, 0) is 31.2 Å². The van der Waals surface area contributed by atoms with E-state index >= 15 is 0 Å². The molecule has 0 amide bonds. The topological polar surface area (TPSA) is 50.7 Å². The van der Waals surface area contributed by atoms with Gasteiger partial charge in [-0.15, -0.1) is 22.0 Å². The second-order valence-corrected chi connectivity index (χ2v) is 7.64. The molecule has 0 unspecified atom stereocenters. The number of nitrogens with zero attached hydrogens (tertiary/aromatic N) is 3. The van der Waals surface area contributed by atoms with Gasteiger partial charge in [0.1, 0.15) is 5.01 Å². The van der Waals surface area contributed by atoms with E-state index in [0.717, 1.165) is 32.8 Å². The number of hydrogen-bond donors (Lipinski definition) is 1. The van der Waals surface area contributed by atoms with E-state index in [1.165, 1.54) is 10.3 Å². The highest BCUT2D eigenvalue weighted by molar-refractivity contribution is 7.98. The highest BCUT2D eigenvalue weighted by atomic mass is 32.2. The van der Waals surface area contributed by atoms with Gasteiger partial charge in [0.05, 0.1) is 11.3 Å². The molecule has 4 nitrogen and oxygen atoms in total. The number of thioether (sulfide) groups is 1. The molecular weight excluding hydrogens is 348 g/mol. The van der Waals surface area contributed by atoms with E-state index in [2.05, 4.69) is 44.8 Å². The number of pyridine rings is 1. The molecule has 1 N–H and O–H groups in total. The van der Waals surface area contributed by atoms with Gasteiger partial charge in [0.15, 0.2) is 0 Å². The Labute approximate surface area is 154 Å². The fourth-order valence-corrected chi connectivity index (χ4v) is 4.42. The number of rotatable bonds is 5. The molecule has 0 saturated carbocycles. The van der Waals surface area contributed by atoms with Crippen molar-refractivity contribution in [1.82, 2.24) is 15.2 Å². The van der Waals surface area contributed by atoms with Gasteiger partial charge in [0.2, 0.25) is 5.13 Å². The zero-order chi connectivity index (χ0) is 17.1. The van der Waals surface area contributed by atoms with Crippen LogP contribution in [0, 0.1) is 6.92 Å². The molecule has 25 heavy (non-hydrogen) atoms. The molecule has 0 bridgehead atoms. The molecule has 0 radical (unpaired) electrons. The summed E-state index contributed by atoms with van der Waals surface area (Å²) in [5.41, 5.74) is 3.09. The summed E-state index contributed by atoms with van der Waals surface area (Å²) in [6.07, 6.45) is 0. The average molecular weight is 364 g/mol. The molecule has 0 spiro atoms. The molecule has 0 saturated heterocycles. The van der Waals surface area contributed by atoms with Crippen LogP contribution in [0.1, 0.15) is 10.7 Å². The van der Waals surface area contributed by atoms with E-state index in [1.807, 2.05) is 43.3 Å². The van der Waals surface area contributed by atoms with E-state index in [9.17, 15) is 0 Å². The van der Waals surface area contributed by atoms with E-state index in [4.69, 9.17) is 0 Å². The van der Waals surface area contributed by atoms with Crippen LogP contribution in [0.3, 0.4) is 0 Å². The standard InChI is InChI=1S/C19H16N4S2/c1-13-11-17(15-9-5-6-10-16(15)20-13)24-12-18-22-23-19(25-18)21-14-7-3-2-4-8-14/h2-11H,12H2,1H3,(H,21,23). The van der Waals surface area contributed by atoms with Gasteiger partial charge < -0.3 is 5.32 Å². The maximum atomic E-state index is 4.59. The van der Waals surface area contributed by atoms with Gasteiger partial charge in [0, 0.05) is 21.7 Å². The Kier molecular flexibility index (Phi) is 4.63. The summed E-state index contributed by atoms with van der Waals surface area (Å²) in [4.78, 5) is 5.83. The summed E-state index contributed by atoms with van der Waals surface area (Å²) in [6.45, 7) is 2.03. The van der Waals surface area contributed by atoms with Crippen molar-refractivity contribution < 1.29 is 0 Å². The molecule has 6 heteroatoms. The van der Waals surface area contributed by atoms with Crippen molar-refractivity contribution in [2.75, 3.05) is 5.32 Å². The van der Waals surface area contributed by atoms with Gasteiger partial charge in [-0.2, -0.15) is 0 Å². The molecule has 0 aliphatic rings. The Morgan fingerprint density at radius 2 is 1.80 bits per heavy atom. The fourth-order valence-electron chi connectivity index (χ4n) is 2.54. The molecule has 0 atom stereocenters. The summed E-state index contributed by atoms with van der Waals surface area (Å²) in [5, 5.41) is 14.8. The molecule has 2 aromatic carbocycles. The molecular formula is C19H16N4S2.